The van der Waals surface area contributed by atoms with Crippen LogP contribution in [0, 0.1) is 0 Å². The van der Waals surface area contributed by atoms with E-state index in [9.17, 15) is 25.2 Å². The van der Waals surface area contributed by atoms with Crippen LogP contribution in [-0.4, -0.2) is 173 Å². The van der Waals surface area contributed by atoms with Gasteiger partial charge in [0.2, 0.25) is 0 Å². The van der Waals surface area contributed by atoms with Crippen molar-refractivity contribution < 1.29 is 111 Å². The smallest absolute Gasteiger partial charge is 0.338 e. The number of nitrogens with zero attached hydrogens (tertiary/aromatic N) is 24. The zero-order valence-corrected chi connectivity index (χ0v) is 98.2. The van der Waals surface area contributed by atoms with Gasteiger partial charge in [0.1, 0.15) is 69.9 Å². The van der Waals surface area contributed by atoms with Crippen LogP contribution in [-0.2, 0) is 189 Å². The third-order valence-corrected chi connectivity index (χ3v) is 20.1. The van der Waals surface area contributed by atoms with E-state index in [2.05, 4.69) is 198 Å². The monoisotopic (exact) mass is 2260 g/mol. The van der Waals surface area contributed by atoms with Gasteiger partial charge in [-0.15, -0.1) is 25.2 Å². The van der Waals surface area contributed by atoms with E-state index in [0.717, 1.165) is 77.0 Å². The summed E-state index contributed by atoms with van der Waals surface area (Å²) in [7, 11) is -6.36. The number of hydrogen-bond donors (Lipinski definition) is 12. The highest BCUT2D eigenvalue weighted by molar-refractivity contribution is 7.47. The summed E-state index contributed by atoms with van der Waals surface area (Å²) in [6.07, 6.45) is 89.3. The first-order valence-corrected chi connectivity index (χ1v) is 59.2. The highest BCUT2D eigenvalue weighted by Crippen LogP contribution is 2.37. The Bertz CT molecular complexity index is 4270. The van der Waals surface area contributed by atoms with Crippen molar-refractivity contribution in [1.82, 2.24) is 115 Å². The molecule has 0 fully saturated rings. The van der Waals surface area contributed by atoms with E-state index in [1.165, 1.54) is 224 Å². The maximum atomic E-state index is 10.4. The van der Waals surface area contributed by atoms with Crippen LogP contribution < -0.4 is 0 Å². The lowest BCUT2D eigenvalue weighted by atomic mass is 10.2. The summed E-state index contributed by atoms with van der Waals surface area (Å²) in [6, 6.07) is 0. The third kappa shape index (κ3) is 105. The van der Waals surface area contributed by atoms with Crippen molar-refractivity contribution in [3.05, 3.63) is 219 Å². The molecule has 12 aromatic heterocycles. The topological polar surface area (TPSA) is 559 Å². The summed E-state index contributed by atoms with van der Waals surface area (Å²) in [5.74, 6) is 14.4. The molecule has 0 aromatic carbocycles. The van der Waals surface area contributed by atoms with E-state index in [1.807, 2.05) is 233 Å². The number of imidazole rings is 12. The van der Waals surface area contributed by atoms with Crippen molar-refractivity contribution in [2.24, 2.45) is 84.6 Å². The predicted octanol–water partition coefficient (Wildman–Crippen LogP) is 21.4. The highest BCUT2D eigenvalue weighted by atomic mass is 31.2. The molecule has 0 saturated carbocycles. The zero-order chi connectivity index (χ0) is 116. The number of hydrogen-bond acceptors (Lipinski definition) is 18. The van der Waals surface area contributed by atoms with Crippen LogP contribution in [0.1, 0.15) is 307 Å². The van der Waals surface area contributed by atoms with Crippen LogP contribution in [0.3, 0.4) is 0 Å². The van der Waals surface area contributed by atoms with Gasteiger partial charge in [-0.2, -0.15) is 0 Å². The van der Waals surface area contributed by atoms with Gasteiger partial charge in [-0.1, -0.05) is 160 Å². The normalized spacial score (nSPS) is 10.5. The van der Waals surface area contributed by atoms with E-state index in [-0.39, 0.29) is 0 Å². The molecular formula is C96H180F6N24O18P6. The molecule has 0 bridgehead atoms. The van der Waals surface area contributed by atoms with E-state index in [4.69, 9.17) is 86.1 Å². The number of aryl methyl sites for hydroxylation is 24. The van der Waals surface area contributed by atoms with Gasteiger partial charge in [-0.3, -0.25) is 58.7 Å². The molecule has 0 unspecified atom stereocenters. The summed E-state index contributed by atoms with van der Waals surface area (Å²) >= 11 is 0. The first-order chi connectivity index (χ1) is 70.1. The van der Waals surface area contributed by atoms with Crippen molar-refractivity contribution in [3.8, 4) is 0 Å². The summed E-state index contributed by atoms with van der Waals surface area (Å²) in [6.45, 7) is 26.4. The Balaban J connectivity index is -0.000000368. The SMILES string of the molecule is CCCCc1nccn1C.CCCCc1nccn1C.CCCCc1nccn1C.CCCCc1nccn1C.CCCCc1nccn1C.CCCCc1nccn1C.CCCCc1nccn1C.CCCCc1nccn1C.CCCCc1nccn1C.CCCCc1nccn1C.CCCCc1nccn1C.CCCCc1nccn1C.O=P(O)(O)F.O=P(O)(O)F.O=P(O)(O)F.O=P(O)(O)F.O=P(O)(O)F.O=P(O)(O)F. The van der Waals surface area contributed by atoms with Gasteiger partial charge in [0.25, 0.3) is 0 Å². The van der Waals surface area contributed by atoms with Crippen molar-refractivity contribution in [3.63, 3.8) is 0 Å². The number of unbranched alkanes of at least 4 members (excludes halogenated alkanes) is 12. The maximum Gasteiger partial charge on any atom is 0.507 e. The highest BCUT2D eigenvalue weighted by Gasteiger charge is 2.11. The number of halogens is 6. The molecule has 0 aliphatic rings. The molecule has 150 heavy (non-hydrogen) atoms. The molecule has 12 heterocycles. The molecular weight excluding hydrogens is 2080 g/mol. The predicted molar refractivity (Wildman–Crippen MR) is 581 cm³/mol. The lowest BCUT2D eigenvalue weighted by Crippen LogP contribution is -1.96. The lowest BCUT2D eigenvalue weighted by molar-refractivity contribution is 0.320. The van der Waals surface area contributed by atoms with Crippen molar-refractivity contribution in [2.75, 3.05) is 0 Å². The summed E-state index contributed by atoms with van der Waals surface area (Å²) in [5.41, 5.74) is 0. The molecule has 54 heteroatoms. The largest absolute Gasteiger partial charge is 0.507 e. The lowest BCUT2D eigenvalue weighted by Gasteiger charge is -1.97. The third-order valence-electron chi connectivity index (χ3n) is 20.1. The number of aromatic nitrogens is 24. The molecule has 12 rings (SSSR count). The minimum atomic E-state index is -5.14. The number of rotatable bonds is 36. The summed E-state index contributed by atoms with van der Waals surface area (Å²) < 4.78 is 139. The standard InChI is InChI=1S/12C8H14N2.6FH2O3P/c12*1-3-4-5-8-9-6-7-10(8)2;6*1-5(2,3)4/h12*6-7H,3-5H2,1-2H3;6*(H2,2,3,4). The molecule has 0 spiro atoms. The van der Waals surface area contributed by atoms with Crippen LogP contribution in [0.2, 0.25) is 0 Å². The average Bonchev–Trinajstić information content (AvgIpc) is 1.86. The Morgan fingerprint density at radius 3 is 0.247 bits per heavy atom. The second-order valence-corrected chi connectivity index (χ2v) is 39.2. The van der Waals surface area contributed by atoms with E-state index < -0.39 is 47.4 Å². The Morgan fingerprint density at radius 1 is 0.160 bits per heavy atom. The van der Waals surface area contributed by atoms with Crippen LogP contribution in [0.5, 0.6) is 0 Å². The molecule has 0 atom stereocenters. The van der Waals surface area contributed by atoms with Gasteiger partial charge in [0, 0.05) is 310 Å². The minimum absolute atomic E-state index is 1.11. The second kappa shape index (κ2) is 92.5. The van der Waals surface area contributed by atoms with Gasteiger partial charge in [0.05, 0.1) is 0 Å². The molecule has 12 N–H and O–H groups in total. The van der Waals surface area contributed by atoms with Crippen LogP contribution in [0.4, 0.5) is 25.2 Å². The Morgan fingerprint density at radius 2 is 0.213 bits per heavy atom. The second-order valence-electron chi connectivity index (χ2n) is 33.5. The van der Waals surface area contributed by atoms with Crippen molar-refractivity contribution in [1.29, 1.82) is 0 Å². The van der Waals surface area contributed by atoms with E-state index in [0.29, 0.717) is 0 Å². The van der Waals surface area contributed by atoms with E-state index >= 15 is 0 Å². The maximum absolute atomic E-state index is 10.4. The molecule has 0 aliphatic carbocycles. The quantitative estimate of drug-likeness (QED) is 0.0128. The fourth-order valence-corrected chi connectivity index (χ4v) is 11.7. The van der Waals surface area contributed by atoms with Gasteiger partial charge >= 0.3 is 47.4 Å². The molecule has 12 aromatic rings. The zero-order valence-electron chi connectivity index (χ0n) is 92.8. The summed E-state index contributed by atoms with van der Waals surface area (Å²) in [4.78, 5) is 134. The van der Waals surface area contributed by atoms with Gasteiger partial charge in [-0.25, -0.2) is 87.2 Å². The fraction of sp³-hybridized carbons (Fsp3) is 0.625. The van der Waals surface area contributed by atoms with Crippen LogP contribution in [0.25, 0.3) is 0 Å². The molecule has 0 saturated heterocycles. The molecule has 0 aliphatic heterocycles. The first-order valence-electron chi connectivity index (χ1n) is 50.2. The fourth-order valence-electron chi connectivity index (χ4n) is 11.7. The van der Waals surface area contributed by atoms with Crippen molar-refractivity contribution in [2.45, 2.75) is 314 Å². The van der Waals surface area contributed by atoms with Gasteiger partial charge in [-0.05, 0) is 77.0 Å². The molecule has 0 radical (unpaired) electrons. The van der Waals surface area contributed by atoms with Gasteiger partial charge < -0.3 is 54.8 Å². The van der Waals surface area contributed by atoms with Crippen LogP contribution in [0.15, 0.2) is 149 Å². The van der Waals surface area contributed by atoms with E-state index in [1.54, 1.807) is 0 Å². The Kier molecular flexibility index (Phi) is 93.5. The van der Waals surface area contributed by atoms with Crippen molar-refractivity contribution >= 4 is 47.4 Å². The van der Waals surface area contributed by atoms with Crippen LogP contribution >= 0.6 is 47.4 Å². The Labute approximate surface area is 886 Å². The molecule has 42 nitrogen and oxygen atoms in total. The minimum Gasteiger partial charge on any atom is -0.338 e. The Hall–Kier alpha value is -9.00. The first kappa shape index (κ1) is 152. The summed E-state index contributed by atoms with van der Waals surface area (Å²) in [5, 5.41) is 0. The molecule has 864 valence electrons. The molecule has 0 amide bonds. The van der Waals surface area contributed by atoms with Gasteiger partial charge in [0.15, 0.2) is 0 Å². The average molecular weight is 2260 g/mol.